The molecule has 110 valence electrons. The van der Waals surface area contributed by atoms with E-state index in [1.54, 1.807) is 0 Å². The van der Waals surface area contributed by atoms with Gasteiger partial charge in [-0.2, -0.15) is 0 Å². The molecule has 4 heteroatoms. The van der Waals surface area contributed by atoms with E-state index < -0.39 is 0 Å². The van der Waals surface area contributed by atoms with Crippen molar-refractivity contribution in [1.82, 2.24) is 10.2 Å². The van der Waals surface area contributed by atoms with Crippen LogP contribution in [0.2, 0.25) is 0 Å². The summed E-state index contributed by atoms with van der Waals surface area (Å²) in [6, 6.07) is 8.14. The minimum Gasteiger partial charge on any atom is -0.370 e. The first kappa shape index (κ1) is 14.4. The number of benzene rings is 1. The van der Waals surface area contributed by atoms with E-state index in [1.807, 2.05) is 0 Å². The summed E-state index contributed by atoms with van der Waals surface area (Å²) >= 11 is 3.62. The number of rotatable bonds is 5. The predicted octanol–water partition coefficient (Wildman–Crippen LogP) is 2.84. The lowest BCUT2D eigenvalue weighted by Gasteiger charge is -2.24. The molecule has 0 radical (unpaired) electrons. The van der Waals surface area contributed by atoms with Gasteiger partial charge in [-0.25, -0.2) is 0 Å². The highest BCUT2D eigenvalue weighted by atomic mass is 79.9. The molecule has 0 spiro atoms. The summed E-state index contributed by atoms with van der Waals surface area (Å²) in [5.74, 6) is 0. The molecule has 0 amide bonds. The Hall–Kier alpha value is -0.580. The molecule has 1 aliphatic carbocycles. The van der Waals surface area contributed by atoms with Gasteiger partial charge in [0, 0.05) is 41.9 Å². The van der Waals surface area contributed by atoms with E-state index in [2.05, 4.69) is 63.3 Å². The van der Waals surface area contributed by atoms with Crippen molar-refractivity contribution in [3.63, 3.8) is 0 Å². The zero-order valence-electron chi connectivity index (χ0n) is 12.4. The second kappa shape index (κ2) is 6.04. The lowest BCUT2D eigenvalue weighted by molar-refractivity contribution is 0.315. The van der Waals surface area contributed by atoms with Gasteiger partial charge >= 0.3 is 0 Å². The first-order chi connectivity index (χ1) is 9.63. The molecular weight excluding hydrogens is 314 g/mol. The van der Waals surface area contributed by atoms with Gasteiger partial charge in [0.15, 0.2) is 0 Å². The zero-order chi connectivity index (χ0) is 14.1. The van der Waals surface area contributed by atoms with Gasteiger partial charge in [0.25, 0.3) is 0 Å². The highest BCUT2D eigenvalue weighted by Crippen LogP contribution is 2.30. The average molecular weight is 338 g/mol. The first-order valence-electron chi connectivity index (χ1n) is 7.56. The van der Waals surface area contributed by atoms with Crippen molar-refractivity contribution in [2.45, 2.75) is 37.9 Å². The lowest BCUT2D eigenvalue weighted by atomic mass is 10.1. The number of hydrogen-bond donors (Lipinski definition) is 1. The highest BCUT2D eigenvalue weighted by Gasteiger charge is 2.26. The van der Waals surface area contributed by atoms with E-state index in [4.69, 9.17) is 0 Å². The van der Waals surface area contributed by atoms with Crippen LogP contribution in [0.4, 0.5) is 5.69 Å². The molecule has 1 saturated heterocycles. The summed E-state index contributed by atoms with van der Waals surface area (Å²) in [4.78, 5) is 4.89. The van der Waals surface area contributed by atoms with Gasteiger partial charge in [-0.15, -0.1) is 0 Å². The molecule has 1 aromatic rings. The third-order valence-electron chi connectivity index (χ3n) is 4.44. The Morgan fingerprint density at radius 2 is 2.10 bits per heavy atom. The van der Waals surface area contributed by atoms with Crippen LogP contribution >= 0.6 is 15.9 Å². The summed E-state index contributed by atoms with van der Waals surface area (Å²) in [5.41, 5.74) is 2.83. The van der Waals surface area contributed by atoms with E-state index in [1.165, 1.54) is 35.0 Å². The van der Waals surface area contributed by atoms with Crippen molar-refractivity contribution in [2.75, 3.05) is 32.1 Å². The Balaban J connectivity index is 1.74. The highest BCUT2D eigenvalue weighted by molar-refractivity contribution is 9.10. The van der Waals surface area contributed by atoms with Crippen molar-refractivity contribution in [2.24, 2.45) is 0 Å². The van der Waals surface area contributed by atoms with Gasteiger partial charge in [-0.05, 0) is 51.1 Å². The van der Waals surface area contributed by atoms with Crippen LogP contribution in [0.3, 0.4) is 0 Å². The number of anilines is 1. The number of halogens is 1. The molecule has 0 bridgehead atoms. The van der Waals surface area contributed by atoms with Crippen LogP contribution in [0.1, 0.15) is 24.8 Å². The number of nitrogens with one attached hydrogen (secondary N) is 1. The molecule has 20 heavy (non-hydrogen) atoms. The fraction of sp³-hybridized carbons (Fsp3) is 0.625. The van der Waals surface area contributed by atoms with Crippen molar-refractivity contribution in [3.05, 3.63) is 28.2 Å². The number of hydrogen-bond acceptors (Lipinski definition) is 3. The van der Waals surface area contributed by atoms with Crippen molar-refractivity contribution >= 4 is 21.6 Å². The molecule has 1 aromatic carbocycles. The van der Waals surface area contributed by atoms with Gasteiger partial charge in [-0.1, -0.05) is 22.0 Å². The SMILES string of the molecule is CN(C)C1CCN(c2cc(Br)ccc2CNC2CC2)C1. The third-order valence-corrected chi connectivity index (χ3v) is 4.93. The molecule has 1 N–H and O–H groups in total. The molecule has 1 unspecified atom stereocenters. The van der Waals surface area contributed by atoms with Crippen LogP contribution < -0.4 is 10.2 Å². The molecule has 1 aliphatic heterocycles. The van der Waals surface area contributed by atoms with Crippen LogP contribution in [-0.4, -0.2) is 44.2 Å². The van der Waals surface area contributed by atoms with E-state index in [0.717, 1.165) is 25.7 Å². The summed E-state index contributed by atoms with van der Waals surface area (Å²) in [6.07, 6.45) is 3.95. The molecule has 3 nitrogen and oxygen atoms in total. The second-order valence-electron chi connectivity index (χ2n) is 6.28. The zero-order valence-corrected chi connectivity index (χ0v) is 14.0. The maximum absolute atomic E-state index is 3.64. The average Bonchev–Trinajstić information content (AvgIpc) is 3.11. The minimum absolute atomic E-state index is 0.679. The topological polar surface area (TPSA) is 18.5 Å². The summed E-state index contributed by atoms with van der Waals surface area (Å²) < 4.78 is 1.18. The standard InChI is InChI=1S/C16H24BrN3/c1-19(2)15-7-8-20(11-15)16-9-13(17)4-3-12(16)10-18-14-5-6-14/h3-4,9,14-15,18H,5-8,10-11H2,1-2H3. The Kier molecular flexibility index (Phi) is 4.34. The van der Waals surface area contributed by atoms with Crippen LogP contribution in [0, 0.1) is 0 Å². The monoisotopic (exact) mass is 337 g/mol. The van der Waals surface area contributed by atoms with Gasteiger partial charge in [0.2, 0.25) is 0 Å². The van der Waals surface area contributed by atoms with Gasteiger partial charge in [0.1, 0.15) is 0 Å². The fourth-order valence-electron chi connectivity index (χ4n) is 2.90. The smallest absolute Gasteiger partial charge is 0.0423 e. The van der Waals surface area contributed by atoms with Crippen molar-refractivity contribution in [3.8, 4) is 0 Å². The fourth-order valence-corrected chi connectivity index (χ4v) is 3.25. The summed E-state index contributed by atoms with van der Waals surface area (Å²) in [6.45, 7) is 3.30. The van der Waals surface area contributed by atoms with Gasteiger partial charge < -0.3 is 15.1 Å². The molecule has 1 atom stereocenters. The molecule has 2 aliphatic rings. The second-order valence-corrected chi connectivity index (χ2v) is 7.20. The Morgan fingerprint density at radius 1 is 1.30 bits per heavy atom. The molecule has 2 fully saturated rings. The normalized spacial score (nSPS) is 22.8. The van der Waals surface area contributed by atoms with Crippen molar-refractivity contribution < 1.29 is 0 Å². The minimum atomic E-state index is 0.679. The summed E-state index contributed by atoms with van der Waals surface area (Å²) in [5, 5.41) is 3.64. The van der Waals surface area contributed by atoms with Crippen LogP contribution in [0.5, 0.6) is 0 Å². The predicted molar refractivity (Wildman–Crippen MR) is 88.3 cm³/mol. The molecule has 1 saturated carbocycles. The maximum atomic E-state index is 3.64. The Morgan fingerprint density at radius 3 is 2.75 bits per heavy atom. The molecule has 3 rings (SSSR count). The van der Waals surface area contributed by atoms with Crippen LogP contribution in [0.15, 0.2) is 22.7 Å². The molecule has 0 aromatic heterocycles. The van der Waals surface area contributed by atoms with Crippen molar-refractivity contribution in [1.29, 1.82) is 0 Å². The van der Waals surface area contributed by atoms with Crippen LogP contribution in [-0.2, 0) is 6.54 Å². The van der Waals surface area contributed by atoms with E-state index in [0.29, 0.717) is 6.04 Å². The van der Waals surface area contributed by atoms with Crippen LogP contribution in [0.25, 0.3) is 0 Å². The third kappa shape index (κ3) is 3.35. The maximum Gasteiger partial charge on any atom is 0.0423 e. The van der Waals surface area contributed by atoms with E-state index in [9.17, 15) is 0 Å². The van der Waals surface area contributed by atoms with E-state index >= 15 is 0 Å². The van der Waals surface area contributed by atoms with Gasteiger partial charge in [0.05, 0.1) is 0 Å². The Labute approximate surface area is 130 Å². The molecular formula is C16H24BrN3. The Bertz CT molecular complexity index is 471. The quantitative estimate of drug-likeness (QED) is 0.891. The van der Waals surface area contributed by atoms with Gasteiger partial charge in [-0.3, -0.25) is 0 Å². The summed E-state index contributed by atoms with van der Waals surface area (Å²) in [7, 11) is 4.37. The largest absolute Gasteiger partial charge is 0.370 e. The lowest BCUT2D eigenvalue weighted by Crippen LogP contribution is -2.32. The molecule has 1 heterocycles. The first-order valence-corrected chi connectivity index (χ1v) is 8.36. The van der Waals surface area contributed by atoms with E-state index in [-0.39, 0.29) is 0 Å². The number of likely N-dealkylation sites (N-methyl/N-ethyl adjacent to an activating group) is 1. The number of nitrogens with zero attached hydrogens (tertiary/aromatic N) is 2.